The normalized spacial score (nSPS) is 15.2. The first kappa shape index (κ1) is 14.1. The number of hydrogen-bond donors (Lipinski definition) is 1. The first-order valence-electron chi connectivity index (χ1n) is 6.24. The van der Waals surface area contributed by atoms with Crippen molar-refractivity contribution < 1.29 is 0 Å². The Morgan fingerprint density at radius 3 is 2.53 bits per heavy atom. The van der Waals surface area contributed by atoms with E-state index in [1.165, 1.54) is 0 Å². The van der Waals surface area contributed by atoms with E-state index in [-0.39, 0.29) is 12.1 Å². The highest BCUT2D eigenvalue weighted by molar-refractivity contribution is 5.00. The Morgan fingerprint density at radius 1 is 1.29 bits per heavy atom. The van der Waals surface area contributed by atoms with Crippen molar-refractivity contribution in [2.75, 3.05) is 13.6 Å². The van der Waals surface area contributed by atoms with Crippen molar-refractivity contribution in [3.8, 4) is 0 Å². The van der Waals surface area contributed by atoms with E-state index in [4.69, 9.17) is 5.73 Å². The summed E-state index contributed by atoms with van der Waals surface area (Å²) in [5.74, 6) is 0.537. The van der Waals surface area contributed by atoms with Gasteiger partial charge < -0.3 is 5.73 Å². The lowest BCUT2D eigenvalue weighted by atomic mass is 10.0. The van der Waals surface area contributed by atoms with E-state index < -0.39 is 0 Å². The van der Waals surface area contributed by atoms with Gasteiger partial charge in [-0.3, -0.25) is 14.9 Å². The van der Waals surface area contributed by atoms with Gasteiger partial charge in [-0.2, -0.15) is 0 Å². The molecule has 1 aromatic rings. The summed E-state index contributed by atoms with van der Waals surface area (Å²) in [5, 5.41) is 0. The molecule has 0 spiro atoms. The Balaban J connectivity index is 2.45. The molecule has 2 unspecified atom stereocenters. The van der Waals surface area contributed by atoms with Crippen molar-refractivity contribution in [3.63, 3.8) is 0 Å². The molecule has 0 fully saturated rings. The van der Waals surface area contributed by atoms with Crippen LogP contribution in [0.4, 0.5) is 0 Å². The van der Waals surface area contributed by atoms with Gasteiger partial charge >= 0.3 is 0 Å². The Hall–Kier alpha value is -1.00. The van der Waals surface area contributed by atoms with Gasteiger partial charge in [0.15, 0.2) is 0 Å². The fourth-order valence-corrected chi connectivity index (χ4v) is 1.63. The first-order valence-corrected chi connectivity index (χ1v) is 6.24. The topological polar surface area (TPSA) is 55.0 Å². The highest BCUT2D eigenvalue weighted by Crippen LogP contribution is 2.16. The van der Waals surface area contributed by atoms with Crippen LogP contribution in [-0.2, 0) is 0 Å². The van der Waals surface area contributed by atoms with Gasteiger partial charge in [-0.1, -0.05) is 13.8 Å². The summed E-state index contributed by atoms with van der Waals surface area (Å²) in [7, 11) is 2.10. The zero-order valence-corrected chi connectivity index (χ0v) is 11.3. The Morgan fingerprint density at radius 2 is 2.00 bits per heavy atom. The largest absolute Gasteiger partial charge is 0.327 e. The molecule has 4 nitrogen and oxygen atoms in total. The van der Waals surface area contributed by atoms with Crippen molar-refractivity contribution in [3.05, 3.63) is 24.3 Å². The minimum absolute atomic E-state index is 0.270. The maximum Gasteiger partial charge on any atom is 0.0755 e. The van der Waals surface area contributed by atoms with Gasteiger partial charge in [0, 0.05) is 24.6 Å². The van der Waals surface area contributed by atoms with Crippen LogP contribution in [-0.4, -0.2) is 34.5 Å². The zero-order valence-electron chi connectivity index (χ0n) is 11.3. The Kier molecular flexibility index (Phi) is 5.51. The predicted octanol–water partition coefficient (Wildman–Crippen LogP) is 1.84. The summed E-state index contributed by atoms with van der Waals surface area (Å²) in [4.78, 5) is 10.7. The SMILES string of the molecule is CC(C)C(N)CCN(C)C(C)c1cnccn1. The van der Waals surface area contributed by atoms with Crippen LogP contribution in [0.15, 0.2) is 18.6 Å². The van der Waals surface area contributed by atoms with Crippen molar-refractivity contribution in [2.45, 2.75) is 39.3 Å². The summed E-state index contributed by atoms with van der Waals surface area (Å²) in [6, 6.07) is 0.551. The van der Waals surface area contributed by atoms with Crippen molar-refractivity contribution >= 4 is 0 Å². The van der Waals surface area contributed by atoms with Crippen LogP contribution in [0, 0.1) is 5.92 Å². The summed E-state index contributed by atoms with van der Waals surface area (Å²) < 4.78 is 0. The molecule has 2 N–H and O–H groups in total. The molecular weight excluding hydrogens is 212 g/mol. The standard InChI is InChI=1S/C13H24N4/c1-10(2)12(14)5-8-17(4)11(3)13-9-15-6-7-16-13/h6-7,9-12H,5,8,14H2,1-4H3. The molecule has 4 heteroatoms. The Labute approximate surface area is 104 Å². The van der Waals surface area contributed by atoms with Crippen LogP contribution in [0.3, 0.4) is 0 Å². The van der Waals surface area contributed by atoms with Gasteiger partial charge in [-0.15, -0.1) is 0 Å². The molecule has 0 aliphatic rings. The fraction of sp³-hybridized carbons (Fsp3) is 0.692. The molecule has 0 amide bonds. The van der Waals surface area contributed by atoms with E-state index in [1.54, 1.807) is 12.4 Å². The minimum Gasteiger partial charge on any atom is -0.327 e. The molecule has 1 heterocycles. The smallest absolute Gasteiger partial charge is 0.0755 e. The summed E-state index contributed by atoms with van der Waals surface area (Å²) >= 11 is 0. The van der Waals surface area contributed by atoms with E-state index in [0.717, 1.165) is 18.7 Å². The monoisotopic (exact) mass is 236 g/mol. The molecule has 96 valence electrons. The van der Waals surface area contributed by atoms with Gasteiger partial charge in [0.05, 0.1) is 11.7 Å². The van der Waals surface area contributed by atoms with Gasteiger partial charge in [0.2, 0.25) is 0 Å². The van der Waals surface area contributed by atoms with Crippen molar-refractivity contribution in [2.24, 2.45) is 11.7 Å². The van der Waals surface area contributed by atoms with Crippen LogP contribution in [0.2, 0.25) is 0 Å². The number of nitrogens with two attached hydrogens (primary N) is 1. The minimum atomic E-state index is 0.270. The van der Waals surface area contributed by atoms with E-state index in [0.29, 0.717) is 5.92 Å². The lowest BCUT2D eigenvalue weighted by Crippen LogP contribution is -2.33. The van der Waals surface area contributed by atoms with E-state index in [2.05, 4.69) is 42.7 Å². The van der Waals surface area contributed by atoms with E-state index in [1.807, 2.05) is 6.20 Å². The summed E-state index contributed by atoms with van der Waals surface area (Å²) in [5.41, 5.74) is 7.06. The number of nitrogens with zero attached hydrogens (tertiary/aromatic N) is 3. The van der Waals surface area contributed by atoms with Crippen LogP contribution >= 0.6 is 0 Å². The molecular formula is C13H24N4. The van der Waals surface area contributed by atoms with Crippen molar-refractivity contribution in [1.82, 2.24) is 14.9 Å². The van der Waals surface area contributed by atoms with Crippen LogP contribution in [0.5, 0.6) is 0 Å². The second-order valence-corrected chi connectivity index (χ2v) is 4.98. The Bertz CT molecular complexity index is 312. The summed E-state index contributed by atoms with van der Waals surface area (Å²) in [6.45, 7) is 7.45. The molecule has 0 aliphatic carbocycles. The molecule has 0 radical (unpaired) electrons. The third kappa shape index (κ3) is 4.40. The first-order chi connectivity index (χ1) is 8.02. The number of hydrogen-bond acceptors (Lipinski definition) is 4. The third-order valence-corrected chi connectivity index (χ3v) is 3.34. The van der Waals surface area contributed by atoms with Crippen LogP contribution in [0.1, 0.15) is 38.9 Å². The average Bonchev–Trinajstić information content (AvgIpc) is 2.35. The van der Waals surface area contributed by atoms with Gasteiger partial charge in [-0.25, -0.2) is 0 Å². The average molecular weight is 236 g/mol. The predicted molar refractivity (Wildman–Crippen MR) is 70.5 cm³/mol. The summed E-state index contributed by atoms with van der Waals surface area (Å²) in [6.07, 6.45) is 6.27. The lowest BCUT2D eigenvalue weighted by molar-refractivity contribution is 0.239. The maximum absolute atomic E-state index is 6.05. The van der Waals surface area contributed by atoms with Gasteiger partial charge in [0.1, 0.15) is 0 Å². The molecule has 0 saturated carbocycles. The zero-order chi connectivity index (χ0) is 12.8. The number of rotatable bonds is 6. The van der Waals surface area contributed by atoms with Gasteiger partial charge in [-0.05, 0) is 32.9 Å². The second kappa shape index (κ2) is 6.67. The molecule has 0 bridgehead atoms. The molecule has 0 aliphatic heterocycles. The lowest BCUT2D eigenvalue weighted by Gasteiger charge is -2.26. The third-order valence-electron chi connectivity index (χ3n) is 3.34. The van der Waals surface area contributed by atoms with E-state index in [9.17, 15) is 0 Å². The highest BCUT2D eigenvalue weighted by atomic mass is 15.1. The molecule has 2 atom stereocenters. The highest BCUT2D eigenvalue weighted by Gasteiger charge is 2.15. The van der Waals surface area contributed by atoms with Gasteiger partial charge in [0.25, 0.3) is 0 Å². The van der Waals surface area contributed by atoms with Crippen LogP contribution < -0.4 is 5.73 Å². The molecule has 0 aromatic carbocycles. The van der Waals surface area contributed by atoms with E-state index >= 15 is 0 Å². The second-order valence-electron chi connectivity index (χ2n) is 4.98. The van der Waals surface area contributed by atoms with Crippen LogP contribution in [0.25, 0.3) is 0 Å². The fourth-order valence-electron chi connectivity index (χ4n) is 1.63. The maximum atomic E-state index is 6.05. The molecule has 1 rings (SSSR count). The number of aromatic nitrogens is 2. The molecule has 1 aromatic heterocycles. The molecule has 17 heavy (non-hydrogen) atoms. The molecule has 0 saturated heterocycles. The van der Waals surface area contributed by atoms with Crippen molar-refractivity contribution in [1.29, 1.82) is 0 Å². The quantitative estimate of drug-likeness (QED) is 0.819.